The fourth-order valence-corrected chi connectivity index (χ4v) is 4.20. The number of furan rings is 1. The first-order valence-corrected chi connectivity index (χ1v) is 10.1. The number of benzene rings is 1. The molecule has 1 fully saturated rings. The average molecular weight is 403 g/mol. The van der Waals surface area contributed by atoms with Crippen LogP contribution in [0.25, 0.3) is 17.4 Å². The molecular weight excluding hydrogens is 380 g/mol. The minimum absolute atomic E-state index is 0.0358. The number of aryl methyl sites for hydroxylation is 1. The SMILES string of the molecule is Cc1ccc(Cl)cc1-c1ccc(/C=C2/SC(=NC(C)C)N(C(C)C)C2=O)o1. The third-order valence-electron chi connectivity index (χ3n) is 4.09. The monoisotopic (exact) mass is 402 g/mol. The number of aliphatic imine (C=N–C) groups is 1. The Bertz CT molecular complexity index is 928. The van der Waals surface area contributed by atoms with E-state index in [0.717, 1.165) is 22.1 Å². The van der Waals surface area contributed by atoms with Gasteiger partial charge in [0.1, 0.15) is 11.5 Å². The zero-order chi connectivity index (χ0) is 19.7. The molecule has 1 aromatic heterocycles. The maximum Gasteiger partial charge on any atom is 0.267 e. The third-order valence-corrected chi connectivity index (χ3v) is 5.32. The van der Waals surface area contributed by atoms with Gasteiger partial charge in [0.05, 0.1) is 4.91 Å². The van der Waals surface area contributed by atoms with Gasteiger partial charge < -0.3 is 4.42 Å². The molecule has 3 rings (SSSR count). The zero-order valence-corrected chi connectivity index (χ0v) is 17.7. The highest BCUT2D eigenvalue weighted by molar-refractivity contribution is 8.18. The van der Waals surface area contributed by atoms with E-state index in [9.17, 15) is 4.79 Å². The number of nitrogens with zero attached hydrogens (tertiary/aromatic N) is 2. The maximum absolute atomic E-state index is 12.8. The van der Waals surface area contributed by atoms with Crippen LogP contribution in [0.15, 0.2) is 44.6 Å². The molecule has 142 valence electrons. The number of carbonyl (C=O) groups is 1. The van der Waals surface area contributed by atoms with Gasteiger partial charge in [-0.2, -0.15) is 0 Å². The predicted molar refractivity (Wildman–Crippen MR) is 114 cm³/mol. The maximum atomic E-state index is 12.8. The molecule has 0 aliphatic carbocycles. The normalized spacial score (nSPS) is 17.9. The Labute approximate surface area is 169 Å². The van der Waals surface area contributed by atoms with E-state index in [1.165, 1.54) is 11.8 Å². The lowest BCUT2D eigenvalue weighted by Gasteiger charge is -2.20. The number of amidine groups is 1. The van der Waals surface area contributed by atoms with Crippen LogP contribution < -0.4 is 0 Å². The van der Waals surface area contributed by atoms with Crippen molar-refractivity contribution >= 4 is 40.5 Å². The van der Waals surface area contributed by atoms with Crippen molar-refractivity contribution in [3.8, 4) is 11.3 Å². The van der Waals surface area contributed by atoms with Crippen LogP contribution in [0.3, 0.4) is 0 Å². The summed E-state index contributed by atoms with van der Waals surface area (Å²) in [5.41, 5.74) is 2.03. The molecule has 0 saturated carbocycles. The quantitative estimate of drug-likeness (QED) is 0.589. The van der Waals surface area contributed by atoms with Crippen molar-refractivity contribution in [3.63, 3.8) is 0 Å². The van der Waals surface area contributed by atoms with Gasteiger partial charge in [-0.05, 0) is 76.2 Å². The summed E-state index contributed by atoms with van der Waals surface area (Å²) >= 11 is 7.51. The van der Waals surface area contributed by atoms with Crippen molar-refractivity contribution < 1.29 is 9.21 Å². The molecule has 6 heteroatoms. The fraction of sp³-hybridized carbons (Fsp3) is 0.333. The van der Waals surface area contributed by atoms with Crippen molar-refractivity contribution in [1.82, 2.24) is 4.90 Å². The predicted octanol–water partition coefficient (Wildman–Crippen LogP) is 6.00. The van der Waals surface area contributed by atoms with Crippen LogP contribution in [0.5, 0.6) is 0 Å². The second kappa shape index (κ2) is 7.95. The lowest BCUT2D eigenvalue weighted by atomic mass is 10.1. The van der Waals surface area contributed by atoms with E-state index in [0.29, 0.717) is 15.7 Å². The molecule has 1 aliphatic heterocycles. The fourth-order valence-electron chi connectivity index (χ4n) is 2.82. The van der Waals surface area contributed by atoms with Crippen LogP contribution in [0.4, 0.5) is 0 Å². The molecule has 0 N–H and O–H groups in total. The van der Waals surface area contributed by atoms with E-state index >= 15 is 0 Å². The molecule has 0 bridgehead atoms. The first kappa shape index (κ1) is 19.8. The Morgan fingerprint density at radius 1 is 1.19 bits per heavy atom. The summed E-state index contributed by atoms with van der Waals surface area (Å²) in [6, 6.07) is 9.65. The summed E-state index contributed by atoms with van der Waals surface area (Å²) in [5, 5.41) is 1.41. The standard InChI is InChI=1S/C21H23ClN2O2S/c1-12(2)23-21-24(13(3)4)20(25)19(27-21)11-16-8-9-18(26-16)17-10-15(22)7-6-14(17)5/h6-13H,1-5H3/b19-11+,23-21?. The van der Waals surface area contributed by atoms with E-state index < -0.39 is 0 Å². The van der Waals surface area contributed by atoms with Crippen molar-refractivity contribution in [2.45, 2.75) is 46.7 Å². The van der Waals surface area contributed by atoms with Gasteiger partial charge in [-0.1, -0.05) is 17.7 Å². The Hall–Kier alpha value is -1.98. The molecule has 2 aromatic rings. The molecule has 27 heavy (non-hydrogen) atoms. The molecule has 1 aliphatic rings. The molecule has 0 spiro atoms. The van der Waals surface area contributed by atoms with E-state index in [-0.39, 0.29) is 18.0 Å². The van der Waals surface area contributed by atoms with Crippen LogP contribution in [0, 0.1) is 6.92 Å². The third kappa shape index (κ3) is 4.30. The van der Waals surface area contributed by atoms with Crippen LogP contribution in [-0.2, 0) is 4.79 Å². The van der Waals surface area contributed by atoms with E-state index in [1.54, 1.807) is 11.0 Å². The number of amides is 1. The van der Waals surface area contributed by atoms with Gasteiger partial charge in [-0.25, -0.2) is 0 Å². The minimum Gasteiger partial charge on any atom is -0.457 e. The second-order valence-corrected chi connectivity index (χ2v) is 8.49. The van der Waals surface area contributed by atoms with Gasteiger partial charge >= 0.3 is 0 Å². The first-order chi connectivity index (χ1) is 12.8. The second-order valence-electron chi connectivity index (χ2n) is 7.05. The molecular formula is C21H23ClN2O2S. The van der Waals surface area contributed by atoms with E-state index in [1.807, 2.05) is 65.0 Å². The molecule has 0 atom stereocenters. The smallest absolute Gasteiger partial charge is 0.267 e. The van der Waals surface area contributed by atoms with Crippen LogP contribution in [0.2, 0.25) is 5.02 Å². The molecule has 0 unspecified atom stereocenters. The minimum atomic E-state index is -0.0358. The van der Waals surface area contributed by atoms with Crippen LogP contribution >= 0.6 is 23.4 Å². The number of hydrogen-bond acceptors (Lipinski definition) is 4. The highest BCUT2D eigenvalue weighted by Gasteiger charge is 2.35. The molecule has 2 heterocycles. The van der Waals surface area contributed by atoms with Gasteiger partial charge in [-0.15, -0.1) is 0 Å². The van der Waals surface area contributed by atoms with Gasteiger partial charge in [0, 0.05) is 28.7 Å². The van der Waals surface area contributed by atoms with Crippen LogP contribution in [-0.4, -0.2) is 28.1 Å². The lowest BCUT2D eigenvalue weighted by molar-refractivity contribution is -0.123. The van der Waals surface area contributed by atoms with Gasteiger partial charge in [0.15, 0.2) is 5.17 Å². The van der Waals surface area contributed by atoms with Crippen molar-refractivity contribution in [1.29, 1.82) is 0 Å². The topological polar surface area (TPSA) is 45.8 Å². The van der Waals surface area contributed by atoms with Crippen molar-refractivity contribution in [3.05, 3.63) is 51.6 Å². The molecule has 1 saturated heterocycles. The summed E-state index contributed by atoms with van der Waals surface area (Å²) in [4.78, 5) is 19.8. The zero-order valence-electron chi connectivity index (χ0n) is 16.1. The Morgan fingerprint density at radius 2 is 1.93 bits per heavy atom. The molecule has 1 aromatic carbocycles. The number of thioether (sulfide) groups is 1. The molecule has 0 radical (unpaired) electrons. The highest BCUT2D eigenvalue weighted by atomic mass is 35.5. The summed E-state index contributed by atoms with van der Waals surface area (Å²) in [6.07, 6.45) is 1.79. The van der Waals surface area contributed by atoms with Crippen molar-refractivity contribution in [2.24, 2.45) is 4.99 Å². The highest BCUT2D eigenvalue weighted by Crippen LogP contribution is 2.35. The van der Waals surface area contributed by atoms with Gasteiger partial charge in [-0.3, -0.25) is 14.7 Å². The Kier molecular flexibility index (Phi) is 5.82. The van der Waals surface area contributed by atoms with E-state index in [4.69, 9.17) is 16.0 Å². The Balaban J connectivity index is 1.92. The van der Waals surface area contributed by atoms with Crippen molar-refractivity contribution in [2.75, 3.05) is 0 Å². The number of rotatable bonds is 4. The number of carbonyl (C=O) groups excluding carboxylic acids is 1. The molecule has 4 nitrogen and oxygen atoms in total. The summed E-state index contributed by atoms with van der Waals surface area (Å²) in [5.74, 6) is 1.33. The van der Waals surface area contributed by atoms with Crippen LogP contribution in [0.1, 0.15) is 39.0 Å². The average Bonchev–Trinajstić information content (AvgIpc) is 3.15. The molecule has 1 amide bonds. The summed E-state index contributed by atoms with van der Waals surface area (Å²) < 4.78 is 5.97. The lowest BCUT2D eigenvalue weighted by Crippen LogP contribution is -2.35. The first-order valence-electron chi connectivity index (χ1n) is 8.93. The number of hydrogen-bond donors (Lipinski definition) is 0. The van der Waals surface area contributed by atoms with Gasteiger partial charge in [0.2, 0.25) is 0 Å². The number of halogens is 1. The van der Waals surface area contributed by atoms with E-state index in [2.05, 4.69) is 4.99 Å². The van der Waals surface area contributed by atoms with Gasteiger partial charge in [0.25, 0.3) is 5.91 Å². The summed E-state index contributed by atoms with van der Waals surface area (Å²) in [7, 11) is 0. The summed E-state index contributed by atoms with van der Waals surface area (Å²) in [6.45, 7) is 10.0. The Morgan fingerprint density at radius 3 is 2.59 bits per heavy atom. The largest absolute Gasteiger partial charge is 0.457 e.